The van der Waals surface area contributed by atoms with Gasteiger partial charge in [0.15, 0.2) is 0 Å². The van der Waals surface area contributed by atoms with E-state index in [1.165, 1.54) is 6.07 Å². The smallest absolute Gasteiger partial charge is 0.242 e. The van der Waals surface area contributed by atoms with E-state index in [2.05, 4.69) is 18.8 Å². The summed E-state index contributed by atoms with van der Waals surface area (Å²) in [7, 11) is -3.66. The van der Waals surface area contributed by atoms with Gasteiger partial charge in [0.05, 0.1) is 11.7 Å². The van der Waals surface area contributed by atoms with E-state index in [1.54, 1.807) is 12.1 Å². The highest BCUT2D eigenvalue weighted by atomic mass is 32.2. The normalized spacial score (nSPS) is 15.2. The summed E-state index contributed by atoms with van der Waals surface area (Å²) in [6, 6.07) is 4.84. The van der Waals surface area contributed by atoms with Gasteiger partial charge in [-0.2, -0.15) is 8.75 Å². The highest BCUT2D eigenvalue weighted by Gasteiger charge is 2.29. The summed E-state index contributed by atoms with van der Waals surface area (Å²) in [4.78, 5) is 11.5. The van der Waals surface area contributed by atoms with Gasteiger partial charge in [-0.3, -0.25) is 4.79 Å². The Hall–Kier alpha value is -1.58. The summed E-state index contributed by atoms with van der Waals surface area (Å²) < 4.78 is 35.0. The number of benzene rings is 1. The Morgan fingerprint density at radius 2 is 2.10 bits per heavy atom. The fourth-order valence-electron chi connectivity index (χ4n) is 1.94. The largest absolute Gasteiger partial charge is 0.355 e. The fraction of sp³-hybridized carbons (Fsp3) is 0.417. The van der Waals surface area contributed by atoms with E-state index in [-0.39, 0.29) is 29.8 Å². The average molecular weight is 326 g/mol. The molecule has 1 fully saturated rings. The number of hydrogen-bond donors (Lipinski definition) is 2. The van der Waals surface area contributed by atoms with E-state index in [4.69, 9.17) is 0 Å². The van der Waals surface area contributed by atoms with E-state index in [9.17, 15) is 13.2 Å². The standard InChI is InChI=1S/C12H14N4O3S2/c17-12(8-4-5-8)13-6-7-14-21(18,19)10-3-1-2-9-11(10)16-20-15-9/h1-3,8,14H,4-7H2,(H,13,17). The third-order valence-electron chi connectivity index (χ3n) is 3.20. The van der Waals surface area contributed by atoms with Gasteiger partial charge >= 0.3 is 0 Å². The molecule has 1 heterocycles. The molecule has 2 N–H and O–H groups in total. The van der Waals surface area contributed by atoms with Crippen LogP contribution in [0.25, 0.3) is 11.0 Å². The van der Waals surface area contributed by atoms with E-state index in [0.29, 0.717) is 11.0 Å². The van der Waals surface area contributed by atoms with Crippen molar-refractivity contribution in [2.45, 2.75) is 17.7 Å². The molecule has 0 spiro atoms. The van der Waals surface area contributed by atoms with Gasteiger partial charge in [0.25, 0.3) is 0 Å². The molecule has 1 aromatic heterocycles. The zero-order valence-corrected chi connectivity index (χ0v) is 12.7. The van der Waals surface area contributed by atoms with Crippen LogP contribution in [0.3, 0.4) is 0 Å². The summed E-state index contributed by atoms with van der Waals surface area (Å²) in [6.45, 7) is 0.425. The highest BCUT2D eigenvalue weighted by molar-refractivity contribution is 7.89. The predicted molar refractivity (Wildman–Crippen MR) is 78.3 cm³/mol. The minimum absolute atomic E-state index is 0.000000682. The number of sulfonamides is 1. The fourth-order valence-corrected chi connectivity index (χ4v) is 3.73. The minimum Gasteiger partial charge on any atom is -0.355 e. The quantitative estimate of drug-likeness (QED) is 0.753. The molecule has 1 amide bonds. The van der Waals surface area contributed by atoms with Gasteiger partial charge in [-0.15, -0.1) is 0 Å². The highest BCUT2D eigenvalue weighted by Crippen LogP contribution is 2.28. The number of nitrogens with zero attached hydrogens (tertiary/aromatic N) is 2. The van der Waals surface area contributed by atoms with E-state index in [0.717, 1.165) is 24.6 Å². The first-order valence-electron chi connectivity index (χ1n) is 6.56. The Morgan fingerprint density at radius 3 is 2.86 bits per heavy atom. The van der Waals surface area contributed by atoms with Crippen molar-refractivity contribution in [1.29, 1.82) is 0 Å². The van der Waals surface area contributed by atoms with Crippen LogP contribution in [0, 0.1) is 5.92 Å². The Bertz CT molecular complexity index is 768. The topological polar surface area (TPSA) is 101 Å². The van der Waals surface area contributed by atoms with Gasteiger partial charge in [0.2, 0.25) is 15.9 Å². The molecule has 0 aliphatic heterocycles. The summed E-state index contributed by atoms with van der Waals surface area (Å²) in [5, 5.41) is 2.71. The van der Waals surface area contributed by atoms with E-state index in [1.807, 2.05) is 0 Å². The Kier molecular flexibility index (Phi) is 3.87. The third kappa shape index (κ3) is 3.20. The lowest BCUT2D eigenvalue weighted by atomic mass is 10.3. The first-order valence-corrected chi connectivity index (χ1v) is 8.78. The van der Waals surface area contributed by atoms with Crippen molar-refractivity contribution >= 4 is 38.7 Å². The predicted octanol–water partition coefficient (Wildman–Crippen LogP) is 0.496. The van der Waals surface area contributed by atoms with Crippen molar-refractivity contribution in [2.24, 2.45) is 5.92 Å². The number of fused-ring (bicyclic) bond motifs is 1. The summed E-state index contributed by atoms with van der Waals surface area (Å²) >= 11 is 0.976. The molecule has 3 rings (SSSR count). The lowest BCUT2D eigenvalue weighted by Crippen LogP contribution is -2.35. The lowest BCUT2D eigenvalue weighted by Gasteiger charge is -2.08. The molecule has 0 bridgehead atoms. The van der Waals surface area contributed by atoms with Gasteiger partial charge in [0, 0.05) is 19.0 Å². The van der Waals surface area contributed by atoms with Crippen molar-refractivity contribution in [2.75, 3.05) is 13.1 Å². The Balaban J connectivity index is 1.63. The molecule has 0 unspecified atom stereocenters. The minimum atomic E-state index is -3.66. The number of rotatable bonds is 6. The molecular formula is C12H14N4O3S2. The van der Waals surface area contributed by atoms with Gasteiger partial charge in [-0.1, -0.05) is 6.07 Å². The monoisotopic (exact) mass is 326 g/mol. The molecule has 0 saturated heterocycles. The number of aromatic nitrogens is 2. The van der Waals surface area contributed by atoms with Crippen LogP contribution in [0.1, 0.15) is 12.8 Å². The van der Waals surface area contributed by atoms with Crippen LogP contribution in [0.15, 0.2) is 23.1 Å². The molecule has 1 aromatic carbocycles. The van der Waals surface area contributed by atoms with Crippen molar-refractivity contribution in [3.8, 4) is 0 Å². The summed E-state index contributed by atoms with van der Waals surface area (Å²) in [5.41, 5.74) is 0.932. The summed E-state index contributed by atoms with van der Waals surface area (Å²) in [5.74, 6) is 0.122. The van der Waals surface area contributed by atoms with Crippen LogP contribution in [-0.4, -0.2) is 36.2 Å². The maximum absolute atomic E-state index is 12.2. The van der Waals surface area contributed by atoms with Crippen LogP contribution in [-0.2, 0) is 14.8 Å². The number of carbonyl (C=O) groups excluding carboxylic acids is 1. The maximum atomic E-state index is 12.2. The number of hydrogen-bond acceptors (Lipinski definition) is 6. The second kappa shape index (κ2) is 5.66. The zero-order valence-electron chi connectivity index (χ0n) is 11.1. The van der Waals surface area contributed by atoms with Crippen molar-refractivity contribution in [3.63, 3.8) is 0 Å². The molecule has 0 radical (unpaired) electrons. The first-order chi connectivity index (χ1) is 10.1. The van der Waals surface area contributed by atoms with Crippen molar-refractivity contribution in [1.82, 2.24) is 18.8 Å². The number of amides is 1. The second-order valence-electron chi connectivity index (χ2n) is 4.85. The van der Waals surface area contributed by atoms with Crippen molar-refractivity contribution in [3.05, 3.63) is 18.2 Å². The number of carbonyl (C=O) groups is 1. The summed E-state index contributed by atoms with van der Waals surface area (Å²) in [6.07, 6.45) is 1.85. The van der Waals surface area contributed by atoms with E-state index >= 15 is 0 Å². The number of nitrogens with one attached hydrogen (secondary N) is 2. The van der Waals surface area contributed by atoms with Crippen LogP contribution < -0.4 is 10.0 Å². The molecule has 0 atom stereocenters. The van der Waals surface area contributed by atoms with Crippen molar-refractivity contribution < 1.29 is 13.2 Å². The van der Waals surface area contributed by atoms with Crippen LogP contribution in [0.5, 0.6) is 0 Å². The van der Waals surface area contributed by atoms with E-state index < -0.39 is 10.0 Å². The Labute approximate surface area is 126 Å². The van der Waals surface area contributed by atoms with Gasteiger partial charge in [0.1, 0.15) is 15.9 Å². The molecule has 1 aliphatic carbocycles. The van der Waals surface area contributed by atoms with Crippen LogP contribution in [0.2, 0.25) is 0 Å². The molecule has 112 valence electrons. The van der Waals surface area contributed by atoms with Gasteiger partial charge < -0.3 is 5.32 Å². The third-order valence-corrected chi connectivity index (χ3v) is 5.24. The molecule has 9 heteroatoms. The zero-order chi connectivity index (χ0) is 14.9. The lowest BCUT2D eigenvalue weighted by molar-refractivity contribution is -0.122. The maximum Gasteiger partial charge on any atom is 0.242 e. The van der Waals surface area contributed by atoms with Crippen LogP contribution >= 0.6 is 11.7 Å². The molecule has 21 heavy (non-hydrogen) atoms. The second-order valence-corrected chi connectivity index (χ2v) is 7.12. The van der Waals surface area contributed by atoms with Gasteiger partial charge in [-0.05, 0) is 25.0 Å². The molecular weight excluding hydrogens is 312 g/mol. The molecule has 1 saturated carbocycles. The molecule has 7 nitrogen and oxygen atoms in total. The van der Waals surface area contributed by atoms with Gasteiger partial charge in [-0.25, -0.2) is 13.1 Å². The SMILES string of the molecule is O=C(NCCNS(=O)(=O)c1cccc2nsnc12)C1CC1. The molecule has 1 aliphatic rings. The average Bonchev–Trinajstić information content (AvgIpc) is 3.20. The first kappa shape index (κ1) is 14.4. The van der Waals surface area contributed by atoms with Crippen LogP contribution in [0.4, 0.5) is 0 Å². The Morgan fingerprint density at radius 1 is 1.29 bits per heavy atom. The molecule has 2 aromatic rings.